The van der Waals surface area contributed by atoms with Crippen LogP contribution in [-0.4, -0.2) is 18.5 Å². The summed E-state index contributed by atoms with van der Waals surface area (Å²) >= 11 is 0. The van der Waals surface area contributed by atoms with Crippen LogP contribution >= 0.6 is 0 Å². The Morgan fingerprint density at radius 1 is 1.47 bits per heavy atom. The van der Waals surface area contributed by atoms with Crippen molar-refractivity contribution in [2.75, 3.05) is 6.54 Å². The first-order valence-corrected chi connectivity index (χ1v) is 6.12. The number of rotatable bonds is 7. The quantitative estimate of drug-likeness (QED) is 0.631. The number of carbonyl (C=O) groups is 1. The van der Waals surface area contributed by atoms with Crippen molar-refractivity contribution in [1.29, 1.82) is 0 Å². The van der Waals surface area contributed by atoms with Gasteiger partial charge in [-0.1, -0.05) is 13.8 Å². The van der Waals surface area contributed by atoms with Gasteiger partial charge in [-0.05, 0) is 37.5 Å². The Balaban J connectivity index is 1.97. The van der Waals surface area contributed by atoms with Gasteiger partial charge in [0.15, 0.2) is 0 Å². The molecule has 88 valence electrons. The average Bonchev–Trinajstić information content (AvgIpc) is 2.94. The van der Waals surface area contributed by atoms with Crippen LogP contribution in [0.3, 0.4) is 0 Å². The van der Waals surface area contributed by atoms with Gasteiger partial charge < -0.3 is 11.1 Å². The van der Waals surface area contributed by atoms with Crippen molar-refractivity contribution in [1.82, 2.24) is 5.32 Å². The number of nitrogens with two attached hydrogens (primary N) is 1. The van der Waals surface area contributed by atoms with E-state index in [2.05, 4.69) is 19.2 Å². The first kappa shape index (κ1) is 12.5. The Morgan fingerprint density at radius 3 is 2.67 bits per heavy atom. The summed E-state index contributed by atoms with van der Waals surface area (Å²) in [7, 11) is 0. The molecule has 0 saturated heterocycles. The summed E-state index contributed by atoms with van der Waals surface area (Å²) in [5, 5.41) is 2.93. The zero-order valence-electron chi connectivity index (χ0n) is 9.96. The van der Waals surface area contributed by atoms with E-state index in [1.165, 1.54) is 19.3 Å². The summed E-state index contributed by atoms with van der Waals surface area (Å²) in [6.07, 6.45) is 5.17. The van der Waals surface area contributed by atoms with Crippen molar-refractivity contribution in [3.8, 4) is 0 Å². The third-order valence-corrected chi connectivity index (χ3v) is 2.93. The highest BCUT2D eigenvalue weighted by Crippen LogP contribution is 2.32. The predicted octanol–water partition coefficient (Wildman–Crippen LogP) is 1.67. The molecular weight excluding hydrogens is 188 g/mol. The van der Waals surface area contributed by atoms with Crippen LogP contribution < -0.4 is 11.1 Å². The first-order valence-electron chi connectivity index (χ1n) is 6.12. The largest absolute Gasteiger partial charge is 0.356 e. The SMILES string of the molecule is CC(C)CCCNC(=O)CC(N)C1CC1. The van der Waals surface area contributed by atoms with E-state index < -0.39 is 0 Å². The number of nitrogens with one attached hydrogen (secondary N) is 1. The molecule has 1 saturated carbocycles. The Kier molecular flexibility index (Phi) is 5.09. The zero-order valence-corrected chi connectivity index (χ0v) is 9.96. The molecule has 0 aromatic rings. The predicted molar refractivity (Wildman–Crippen MR) is 62.4 cm³/mol. The molecule has 0 bridgehead atoms. The molecule has 0 heterocycles. The molecule has 1 unspecified atom stereocenters. The van der Waals surface area contributed by atoms with Crippen LogP contribution in [0.15, 0.2) is 0 Å². The van der Waals surface area contributed by atoms with Gasteiger partial charge in [-0.2, -0.15) is 0 Å². The monoisotopic (exact) mass is 212 g/mol. The summed E-state index contributed by atoms with van der Waals surface area (Å²) in [6, 6.07) is 0.0927. The van der Waals surface area contributed by atoms with Crippen LogP contribution in [0.4, 0.5) is 0 Å². The van der Waals surface area contributed by atoms with Gasteiger partial charge in [0.25, 0.3) is 0 Å². The lowest BCUT2D eigenvalue weighted by Crippen LogP contribution is -2.33. The Morgan fingerprint density at radius 2 is 2.13 bits per heavy atom. The van der Waals surface area contributed by atoms with E-state index in [-0.39, 0.29) is 11.9 Å². The van der Waals surface area contributed by atoms with Crippen molar-refractivity contribution in [3.63, 3.8) is 0 Å². The normalized spacial score (nSPS) is 17.9. The van der Waals surface area contributed by atoms with Crippen LogP contribution in [0, 0.1) is 11.8 Å². The summed E-state index contributed by atoms with van der Waals surface area (Å²) in [5.74, 6) is 1.46. The van der Waals surface area contributed by atoms with Crippen molar-refractivity contribution in [2.24, 2.45) is 17.6 Å². The van der Waals surface area contributed by atoms with E-state index in [9.17, 15) is 4.79 Å². The molecule has 0 radical (unpaired) electrons. The Hall–Kier alpha value is -0.570. The second kappa shape index (κ2) is 6.11. The smallest absolute Gasteiger partial charge is 0.221 e. The molecule has 0 aliphatic heterocycles. The molecule has 0 aromatic heterocycles. The highest BCUT2D eigenvalue weighted by atomic mass is 16.1. The first-order chi connectivity index (χ1) is 7.09. The molecule has 1 aliphatic rings. The summed E-state index contributed by atoms with van der Waals surface area (Å²) < 4.78 is 0. The summed E-state index contributed by atoms with van der Waals surface area (Å²) in [5.41, 5.74) is 5.87. The minimum Gasteiger partial charge on any atom is -0.356 e. The van der Waals surface area contributed by atoms with E-state index in [0.29, 0.717) is 12.3 Å². The Bertz CT molecular complexity index is 200. The molecule has 0 aromatic carbocycles. The van der Waals surface area contributed by atoms with E-state index >= 15 is 0 Å². The molecule has 1 aliphatic carbocycles. The fourth-order valence-corrected chi connectivity index (χ4v) is 1.72. The van der Waals surface area contributed by atoms with Crippen molar-refractivity contribution >= 4 is 5.91 Å². The molecule has 1 fully saturated rings. The van der Waals surface area contributed by atoms with Gasteiger partial charge in [-0.3, -0.25) is 4.79 Å². The summed E-state index contributed by atoms with van der Waals surface area (Å²) in [4.78, 5) is 11.4. The lowest BCUT2D eigenvalue weighted by molar-refractivity contribution is -0.121. The van der Waals surface area contributed by atoms with Crippen LogP contribution in [-0.2, 0) is 4.79 Å². The van der Waals surface area contributed by atoms with Gasteiger partial charge in [0, 0.05) is 19.0 Å². The van der Waals surface area contributed by atoms with Crippen LogP contribution in [0.5, 0.6) is 0 Å². The topological polar surface area (TPSA) is 55.1 Å². The van der Waals surface area contributed by atoms with E-state index in [0.717, 1.165) is 18.9 Å². The van der Waals surface area contributed by atoms with Crippen molar-refractivity contribution in [2.45, 2.75) is 52.0 Å². The second-order valence-corrected chi connectivity index (χ2v) is 5.09. The van der Waals surface area contributed by atoms with Crippen molar-refractivity contribution < 1.29 is 4.79 Å². The number of hydrogen-bond acceptors (Lipinski definition) is 2. The molecule has 3 N–H and O–H groups in total. The maximum atomic E-state index is 11.4. The third kappa shape index (κ3) is 5.78. The average molecular weight is 212 g/mol. The third-order valence-electron chi connectivity index (χ3n) is 2.93. The molecule has 1 atom stereocenters. The number of amides is 1. The maximum absolute atomic E-state index is 11.4. The molecule has 0 spiro atoms. The Labute approximate surface area is 92.8 Å². The van der Waals surface area contributed by atoms with Gasteiger partial charge in [0.2, 0.25) is 5.91 Å². The van der Waals surface area contributed by atoms with Gasteiger partial charge in [0.05, 0.1) is 0 Å². The van der Waals surface area contributed by atoms with Crippen LogP contribution in [0.1, 0.15) is 46.0 Å². The van der Waals surface area contributed by atoms with Crippen molar-refractivity contribution in [3.05, 3.63) is 0 Å². The van der Waals surface area contributed by atoms with Gasteiger partial charge in [-0.15, -0.1) is 0 Å². The summed E-state index contributed by atoms with van der Waals surface area (Å²) in [6.45, 7) is 5.20. The standard InChI is InChI=1S/C12H24N2O/c1-9(2)4-3-7-14-12(15)8-11(13)10-5-6-10/h9-11H,3-8,13H2,1-2H3,(H,14,15). The van der Waals surface area contributed by atoms with Gasteiger partial charge in [0.1, 0.15) is 0 Å². The molecular formula is C12H24N2O. The lowest BCUT2D eigenvalue weighted by atomic mass is 10.1. The van der Waals surface area contributed by atoms with Crippen LogP contribution in [0.2, 0.25) is 0 Å². The van der Waals surface area contributed by atoms with E-state index in [4.69, 9.17) is 5.73 Å². The van der Waals surface area contributed by atoms with Gasteiger partial charge >= 0.3 is 0 Å². The molecule has 1 rings (SSSR count). The minimum absolute atomic E-state index is 0.0927. The number of hydrogen-bond donors (Lipinski definition) is 2. The lowest BCUT2D eigenvalue weighted by Gasteiger charge is -2.10. The molecule has 3 nitrogen and oxygen atoms in total. The van der Waals surface area contributed by atoms with Gasteiger partial charge in [-0.25, -0.2) is 0 Å². The highest BCUT2D eigenvalue weighted by molar-refractivity contribution is 5.76. The fraction of sp³-hybridized carbons (Fsp3) is 0.917. The number of carbonyl (C=O) groups excluding carboxylic acids is 1. The fourth-order valence-electron chi connectivity index (χ4n) is 1.72. The molecule has 1 amide bonds. The van der Waals surface area contributed by atoms with E-state index in [1.54, 1.807) is 0 Å². The van der Waals surface area contributed by atoms with E-state index in [1.807, 2.05) is 0 Å². The molecule has 3 heteroatoms. The molecule has 15 heavy (non-hydrogen) atoms. The minimum atomic E-state index is 0.0927. The maximum Gasteiger partial charge on any atom is 0.221 e. The van der Waals surface area contributed by atoms with Crippen LogP contribution in [0.25, 0.3) is 0 Å². The highest BCUT2D eigenvalue weighted by Gasteiger charge is 2.29. The zero-order chi connectivity index (χ0) is 11.3. The second-order valence-electron chi connectivity index (χ2n) is 5.09.